The third-order valence-corrected chi connectivity index (χ3v) is 16.6. The number of carbonyl (C=O) groups excluding carboxylic acids is 1. The van der Waals surface area contributed by atoms with Crippen molar-refractivity contribution >= 4 is 5.91 Å². The standard InChI is InChI=1S/C71H133NO8/c1-3-5-7-9-11-13-15-17-19-21-23-25-27-29-31-33-35-37-39-41-43-45-47-49-51-53-55-57-59-61-67(75)72-64(63-79-71-70(78)69(77)68(76)66(62-73)80-71)65(74)60-58-56-54-52-50-48-46-44-42-40-38-36-34-32-30-28-26-24-22-20-18-16-14-12-10-8-6-4-2/h15,17,21,23,27,29,58,60,64-66,68-71,73-74,76-78H,3-14,16,18-20,22,24-26,28,30-57,59,61-63H2,1-2H3,(H,72,75)/b17-15-,23-21-,29-27-,60-58+. The summed E-state index contributed by atoms with van der Waals surface area (Å²) in [6, 6.07) is -0.808. The number of rotatable bonds is 61. The number of carbonyl (C=O) groups is 1. The van der Waals surface area contributed by atoms with Gasteiger partial charge in [-0.15, -0.1) is 0 Å². The van der Waals surface area contributed by atoms with E-state index in [1.165, 1.54) is 270 Å². The molecule has 9 nitrogen and oxygen atoms in total. The highest BCUT2D eigenvalue weighted by Gasteiger charge is 2.44. The molecule has 1 fully saturated rings. The molecule has 6 N–H and O–H groups in total. The molecule has 0 bridgehead atoms. The van der Waals surface area contributed by atoms with Crippen molar-refractivity contribution in [3.05, 3.63) is 48.6 Å². The summed E-state index contributed by atoms with van der Waals surface area (Å²) >= 11 is 0. The number of hydrogen-bond acceptors (Lipinski definition) is 8. The largest absolute Gasteiger partial charge is 0.394 e. The van der Waals surface area contributed by atoms with Gasteiger partial charge < -0.3 is 40.3 Å². The third kappa shape index (κ3) is 48.5. The first kappa shape index (κ1) is 76.2. The fourth-order valence-electron chi connectivity index (χ4n) is 11.2. The zero-order chi connectivity index (χ0) is 57.9. The summed E-state index contributed by atoms with van der Waals surface area (Å²) in [7, 11) is 0. The highest BCUT2D eigenvalue weighted by molar-refractivity contribution is 5.76. The summed E-state index contributed by atoms with van der Waals surface area (Å²) in [5.74, 6) is -0.173. The Morgan fingerprint density at radius 1 is 0.425 bits per heavy atom. The number of allylic oxidation sites excluding steroid dienone is 7. The zero-order valence-electron chi connectivity index (χ0n) is 52.6. The first-order valence-corrected chi connectivity index (χ1v) is 34.9. The number of aliphatic hydroxyl groups excluding tert-OH is 5. The Morgan fingerprint density at radius 3 is 1.09 bits per heavy atom. The van der Waals surface area contributed by atoms with Crippen molar-refractivity contribution in [2.75, 3.05) is 13.2 Å². The lowest BCUT2D eigenvalue weighted by Crippen LogP contribution is -2.60. The Bertz CT molecular complexity index is 1400. The van der Waals surface area contributed by atoms with Crippen molar-refractivity contribution in [3.8, 4) is 0 Å². The lowest BCUT2D eigenvalue weighted by molar-refractivity contribution is -0.302. The Kier molecular flexibility index (Phi) is 57.4. The molecule has 80 heavy (non-hydrogen) atoms. The molecule has 0 saturated carbocycles. The van der Waals surface area contributed by atoms with Crippen LogP contribution in [0.4, 0.5) is 0 Å². The second-order valence-corrected chi connectivity index (χ2v) is 24.3. The van der Waals surface area contributed by atoms with E-state index in [0.717, 1.165) is 51.4 Å². The maximum atomic E-state index is 13.1. The molecule has 1 aliphatic heterocycles. The van der Waals surface area contributed by atoms with Gasteiger partial charge in [0.2, 0.25) is 5.91 Å². The quantitative estimate of drug-likeness (QED) is 0.0261. The van der Waals surface area contributed by atoms with Gasteiger partial charge >= 0.3 is 0 Å². The van der Waals surface area contributed by atoms with Gasteiger partial charge in [-0.2, -0.15) is 0 Å². The lowest BCUT2D eigenvalue weighted by Gasteiger charge is -2.40. The number of amides is 1. The summed E-state index contributed by atoms with van der Waals surface area (Å²) in [5.41, 5.74) is 0. The van der Waals surface area contributed by atoms with Crippen LogP contribution in [-0.2, 0) is 14.3 Å². The average molecular weight is 1130 g/mol. The smallest absolute Gasteiger partial charge is 0.220 e. The Labute approximate surface area is 494 Å². The number of unbranched alkanes of at least 4 members (excludes halogenated alkanes) is 45. The lowest BCUT2D eigenvalue weighted by atomic mass is 9.99. The molecule has 0 aromatic carbocycles. The number of ether oxygens (including phenoxy) is 2. The van der Waals surface area contributed by atoms with Crippen LogP contribution < -0.4 is 5.32 Å². The van der Waals surface area contributed by atoms with E-state index in [-0.39, 0.29) is 12.5 Å². The van der Waals surface area contributed by atoms with Crippen LogP contribution in [0.5, 0.6) is 0 Å². The van der Waals surface area contributed by atoms with Crippen molar-refractivity contribution in [1.29, 1.82) is 0 Å². The van der Waals surface area contributed by atoms with Gasteiger partial charge in [-0.3, -0.25) is 4.79 Å². The predicted octanol–water partition coefficient (Wildman–Crippen LogP) is 18.8. The van der Waals surface area contributed by atoms with Gasteiger partial charge in [-0.05, 0) is 57.8 Å². The van der Waals surface area contributed by atoms with Crippen molar-refractivity contribution in [2.24, 2.45) is 0 Å². The molecule has 470 valence electrons. The maximum absolute atomic E-state index is 13.1. The van der Waals surface area contributed by atoms with Crippen LogP contribution >= 0.6 is 0 Å². The van der Waals surface area contributed by atoms with Crippen molar-refractivity contribution in [1.82, 2.24) is 5.32 Å². The second-order valence-electron chi connectivity index (χ2n) is 24.3. The number of nitrogens with one attached hydrogen (secondary N) is 1. The first-order chi connectivity index (χ1) is 39.3. The van der Waals surface area contributed by atoms with Gasteiger partial charge in [0.25, 0.3) is 0 Å². The fraction of sp³-hybridized carbons (Fsp3) is 0.873. The zero-order valence-corrected chi connectivity index (χ0v) is 52.6. The molecule has 1 rings (SSSR count). The molecular weight excluding hydrogens is 995 g/mol. The van der Waals surface area contributed by atoms with Crippen LogP contribution in [0.3, 0.4) is 0 Å². The molecule has 1 saturated heterocycles. The summed E-state index contributed by atoms with van der Waals surface area (Å²) in [6.45, 7) is 3.81. The molecule has 1 aliphatic rings. The van der Waals surface area contributed by atoms with Crippen molar-refractivity contribution in [2.45, 2.75) is 384 Å². The first-order valence-electron chi connectivity index (χ1n) is 34.9. The van der Waals surface area contributed by atoms with E-state index < -0.39 is 49.5 Å². The number of hydrogen-bond donors (Lipinski definition) is 6. The molecule has 0 aromatic heterocycles. The summed E-state index contributed by atoms with van der Waals surface area (Å²) in [6.07, 6.45) is 74.9. The van der Waals surface area contributed by atoms with Gasteiger partial charge in [-0.1, -0.05) is 326 Å². The Balaban J connectivity index is 2.14. The summed E-state index contributed by atoms with van der Waals surface area (Å²) < 4.78 is 11.3. The van der Waals surface area contributed by atoms with Gasteiger partial charge in [-0.25, -0.2) is 0 Å². The summed E-state index contributed by atoms with van der Waals surface area (Å²) in [5, 5.41) is 54.8. The average Bonchev–Trinajstić information content (AvgIpc) is 3.46. The van der Waals surface area contributed by atoms with E-state index in [1.54, 1.807) is 6.08 Å². The van der Waals surface area contributed by atoms with E-state index >= 15 is 0 Å². The van der Waals surface area contributed by atoms with Crippen LogP contribution in [0.25, 0.3) is 0 Å². The van der Waals surface area contributed by atoms with Crippen LogP contribution in [0.2, 0.25) is 0 Å². The van der Waals surface area contributed by atoms with E-state index in [2.05, 4.69) is 55.6 Å². The van der Waals surface area contributed by atoms with Gasteiger partial charge in [0, 0.05) is 6.42 Å². The van der Waals surface area contributed by atoms with Crippen LogP contribution in [-0.4, -0.2) is 87.5 Å². The second kappa shape index (κ2) is 60.3. The normalized spacial score (nSPS) is 18.7. The van der Waals surface area contributed by atoms with Crippen LogP contribution in [0, 0.1) is 0 Å². The van der Waals surface area contributed by atoms with E-state index in [1.807, 2.05) is 6.08 Å². The number of aliphatic hydroxyl groups is 5. The molecule has 7 atom stereocenters. The molecule has 0 radical (unpaired) electrons. The SMILES string of the molecule is CCCCCCC/C=C\C/C=C\C/C=C\CCCCCCCCCCCCCCCCC(=O)NC(COC1OC(CO)C(O)C(O)C1O)C(O)/C=C/CCCCCCCCCCCCCCCCCCCCCCCCCCCC. The van der Waals surface area contributed by atoms with Gasteiger partial charge in [0.05, 0.1) is 25.4 Å². The van der Waals surface area contributed by atoms with Gasteiger partial charge in [0.1, 0.15) is 24.4 Å². The monoisotopic (exact) mass is 1130 g/mol. The molecule has 7 unspecified atom stereocenters. The Morgan fingerprint density at radius 2 is 0.738 bits per heavy atom. The predicted molar refractivity (Wildman–Crippen MR) is 341 cm³/mol. The maximum Gasteiger partial charge on any atom is 0.220 e. The van der Waals surface area contributed by atoms with Crippen LogP contribution in [0.1, 0.15) is 341 Å². The van der Waals surface area contributed by atoms with Crippen molar-refractivity contribution in [3.63, 3.8) is 0 Å². The van der Waals surface area contributed by atoms with E-state index in [4.69, 9.17) is 9.47 Å². The molecule has 9 heteroatoms. The molecular formula is C71H133NO8. The highest BCUT2D eigenvalue weighted by Crippen LogP contribution is 2.23. The fourth-order valence-corrected chi connectivity index (χ4v) is 11.2. The minimum Gasteiger partial charge on any atom is -0.394 e. The van der Waals surface area contributed by atoms with E-state index in [0.29, 0.717) is 6.42 Å². The molecule has 0 aromatic rings. The minimum atomic E-state index is -1.57. The Hall–Kier alpha value is -1.85. The van der Waals surface area contributed by atoms with E-state index in [9.17, 15) is 30.3 Å². The third-order valence-electron chi connectivity index (χ3n) is 16.6. The molecule has 0 aliphatic carbocycles. The molecule has 1 amide bonds. The van der Waals surface area contributed by atoms with Gasteiger partial charge in [0.15, 0.2) is 6.29 Å². The molecule has 1 heterocycles. The van der Waals surface area contributed by atoms with Crippen LogP contribution in [0.15, 0.2) is 48.6 Å². The van der Waals surface area contributed by atoms with Crippen molar-refractivity contribution < 1.29 is 39.8 Å². The highest BCUT2D eigenvalue weighted by atomic mass is 16.7. The summed E-state index contributed by atoms with van der Waals surface area (Å²) in [4.78, 5) is 13.1. The topological polar surface area (TPSA) is 149 Å². The molecule has 0 spiro atoms. The minimum absolute atomic E-state index is 0.173.